The van der Waals surface area contributed by atoms with Crippen LogP contribution < -0.4 is 0 Å². The molecular weight excluding hydrogens is 294 g/mol. The normalized spacial score (nSPS) is 21.2. The smallest absolute Gasteiger partial charge is 0.335 e. The van der Waals surface area contributed by atoms with Gasteiger partial charge in [-0.1, -0.05) is 6.92 Å². The fourth-order valence-electron chi connectivity index (χ4n) is 3.06. The summed E-state index contributed by atoms with van der Waals surface area (Å²) in [5, 5.41) is 8.95. The van der Waals surface area contributed by atoms with Crippen LogP contribution in [0.1, 0.15) is 52.3 Å². The Morgan fingerprint density at radius 2 is 1.87 bits per heavy atom. The summed E-state index contributed by atoms with van der Waals surface area (Å²) < 4.78 is 5.52. The van der Waals surface area contributed by atoms with Gasteiger partial charge in [-0.15, -0.1) is 0 Å². The molecule has 23 heavy (non-hydrogen) atoms. The van der Waals surface area contributed by atoms with E-state index in [1.807, 2.05) is 17.0 Å². The quantitative estimate of drug-likeness (QED) is 0.940. The molecule has 1 saturated heterocycles. The molecule has 120 valence electrons. The number of benzene rings is 1. The second-order valence-corrected chi connectivity index (χ2v) is 6.04. The average molecular weight is 313 g/mol. The molecule has 1 aromatic heterocycles. The molecule has 2 aromatic rings. The molecule has 5 heteroatoms. The predicted molar refractivity (Wildman–Crippen MR) is 84.3 cm³/mol. The van der Waals surface area contributed by atoms with Crippen LogP contribution in [0.25, 0.3) is 0 Å². The summed E-state index contributed by atoms with van der Waals surface area (Å²) in [4.78, 5) is 25.6. The zero-order valence-corrected chi connectivity index (χ0v) is 12.9. The zero-order chi connectivity index (χ0) is 16.4. The molecule has 1 aliphatic rings. The van der Waals surface area contributed by atoms with Crippen LogP contribution in [0.4, 0.5) is 0 Å². The lowest BCUT2D eigenvalue weighted by Gasteiger charge is -2.37. The van der Waals surface area contributed by atoms with Gasteiger partial charge in [0.1, 0.15) is 5.76 Å². The van der Waals surface area contributed by atoms with Crippen LogP contribution in [0, 0.1) is 5.92 Å². The number of likely N-dealkylation sites (tertiary alicyclic amines) is 1. The number of piperidine rings is 1. The molecule has 0 aliphatic carbocycles. The molecule has 0 radical (unpaired) electrons. The fourth-order valence-corrected chi connectivity index (χ4v) is 3.06. The SMILES string of the molecule is CC1CCN(C(=O)c2ccc(C(=O)O)cc2)C(c2ccco2)C1. The van der Waals surface area contributed by atoms with Crippen molar-refractivity contribution in [3.05, 3.63) is 59.5 Å². The van der Waals surface area contributed by atoms with Gasteiger partial charge in [-0.05, 0) is 55.2 Å². The van der Waals surface area contributed by atoms with Gasteiger partial charge in [0.15, 0.2) is 0 Å². The summed E-state index contributed by atoms with van der Waals surface area (Å²) in [6.07, 6.45) is 3.45. The molecule has 1 N–H and O–H groups in total. The highest BCUT2D eigenvalue weighted by Gasteiger charge is 2.33. The van der Waals surface area contributed by atoms with E-state index in [0.29, 0.717) is 18.0 Å². The highest BCUT2D eigenvalue weighted by atomic mass is 16.4. The van der Waals surface area contributed by atoms with Crippen molar-refractivity contribution in [1.29, 1.82) is 0 Å². The van der Waals surface area contributed by atoms with Gasteiger partial charge in [0.2, 0.25) is 0 Å². The minimum atomic E-state index is -0.996. The van der Waals surface area contributed by atoms with Crippen LogP contribution in [-0.4, -0.2) is 28.4 Å². The van der Waals surface area contributed by atoms with E-state index in [9.17, 15) is 9.59 Å². The van der Waals surface area contributed by atoms with Crippen LogP contribution in [-0.2, 0) is 0 Å². The van der Waals surface area contributed by atoms with Gasteiger partial charge in [0.05, 0.1) is 17.9 Å². The van der Waals surface area contributed by atoms with E-state index < -0.39 is 5.97 Å². The maximum absolute atomic E-state index is 12.8. The Hall–Kier alpha value is -2.56. The number of carboxylic acids is 1. The molecule has 2 unspecified atom stereocenters. The van der Waals surface area contributed by atoms with Gasteiger partial charge in [0.25, 0.3) is 5.91 Å². The summed E-state index contributed by atoms with van der Waals surface area (Å²) in [6.45, 7) is 2.85. The lowest BCUT2D eigenvalue weighted by molar-refractivity contribution is 0.0520. The van der Waals surface area contributed by atoms with Gasteiger partial charge in [-0.25, -0.2) is 4.79 Å². The van der Waals surface area contributed by atoms with Crippen molar-refractivity contribution in [3.63, 3.8) is 0 Å². The topological polar surface area (TPSA) is 70.8 Å². The second kappa shape index (κ2) is 6.28. The van der Waals surface area contributed by atoms with Gasteiger partial charge < -0.3 is 14.4 Å². The molecule has 1 fully saturated rings. The van der Waals surface area contributed by atoms with Crippen LogP contribution >= 0.6 is 0 Å². The first-order valence-corrected chi connectivity index (χ1v) is 7.74. The molecule has 3 rings (SSSR count). The minimum Gasteiger partial charge on any atom is -0.478 e. The largest absolute Gasteiger partial charge is 0.478 e. The van der Waals surface area contributed by atoms with Crippen molar-refractivity contribution < 1.29 is 19.1 Å². The molecular formula is C18H19NO4. The highest BCUT2D eigenvalue weighted by molar-refractivity contribution is 5.96. The molecule has 0 saturated carbocycles. The molecule has 1 amide bonds. The standard InChI is InChI=1S/C18H19NO4/c1-12-8-9-19(15(11-12)16-3-2-10-23-16)17(20)13-4-6-14(7-5-13)18(21)22/h2-7,10,12,15H,8-9,11H2,1H3,(H,21,22). The number of amides is 1. The fraction of sp³-hybridized carbons (Fsp3) is 0.333. The number of carboxylic acid groups (broad SMARTS) is 1. The third-order valence-electron chi connectivity index (χ3n) is 4.38. The monoisotopic (exact) mass is 313 g/mol. The maximum atomic E-state index is 12.8. The first-order chi connectivity index (χ1) is 11.1. The van der Waals surface area contributed by atoms with E-state index in [4.69, 9.17) is 9.52 Å². The minimum absolute atomic E-state index is 0.0691. The van der Waals surface area contributed by atoms with Crippen LogP contribution in [0.15, 0.2) is 47.1 Å². The number of hydrogen-bond acceptors (Lipinski definition) is 3. The number of hydrogen-bond donors (Lipinski definition) is 1. The number of carbonyl (C=O) groups is 2. The van der Waals surface area contributed by atoms with Crippen molar-refractivity contribution in [2.75, 3.05) is 6.54 Å². The van der Waals surface area contributed by atoms with E-state index in [1.165, 1.54) is 12.1 Å². The van der Waals surface area contributed by atoms with Gasteiger partial charge in [-0.2, -0.15) is 0 Å². The number of carbonyl (C=O) groups excluding carboxylic acids is 1. The van der Waals surface area contributed by atoms with Crippen molar-refractivity contribution in [2.24, 2.45) is 5.92 Å². The number of rotatable bonds is 3. The summed E-state index contributed by atoms with van der Waals surface area (Å²) in [7, 11) is 0. The Labute approximate surface area is 134 Å². The second-order valence-electron chi connectivity index (χ2n) is 6.04. The summed E-state index contributed by atoms with van der Waals surface area (Å²) in [6, 6.07) is 9.73. The first kappa shape index (κ1) is 15.3. The zero-order valence-electron chi connectivity index (χ0n) is 12.9. The first-order valence-electron chi connectivity index (χ1n) is 7.74. The Balaban J connectivity index is 1.85. The van der Waals surface area contributed by atoms with Gasteiger partial charge in [0, 0.05) is 12.1 Å². The molecule has 0 spiro atoms. The third-order valence-corrected chi connectivity index (χ3v) is 4.38. The lowest BCUT2D eigenvalue weighted by atomic mass is 9.90. The Morgan fingerprint density at radius 1 is 1.17 bits per heavy atom. The Kier molecular flexibility index (Phi) is 4.19. The van der Waals surface area contributed by atoms with Crippen molar-refractivity contribution >= 4 is 11.9 Å². The molecule has 2 atom stereocenters. The number of nitrogens with zero attached hydrogens (tertiary/aromatic N) is 1. The van der Waals surface area contributed by atoms with Crippen molar-refractivity contribution in [3.8, 4) is 0 Å². The Bertz CT molecular complexity index is 690. The van der Waals surface area contributed by atoms with E-state index in [1.54, 1.807) is 18.4 Å². The molecule has 2 heterocycles. The molecule has 0 bridgehead atoms. The van der Waals surface area contributed by atoms with E-state index in [-0.39, 0.29) is 17.5 Å². The lowest BCUT2D eigenvalue weighted by Crippen LogP contribution is -2.40. The average Bonchev–Trinajstić information content (AvgIpc) is 3.08. The predicted octanol–water partition coefficient (Wildman–Crippen LogP) is 3.59. The number of furan rings is 1. The van der Waals surface area contributed by atoms with Gasteiger partial charge >= 0.3 is 5.97 Å². The maximum Gasteiger partial charge on any atom is 0.335 e. The van der Waals surface area contributed by atoms with Gasteiger partial charge in [-0.3, -0.25) is 4.79 Å². The van der Waals surface area contributed by atoms with Crippen LogP contribution in [0.3, 0.4) is 0 Å². The third kappa shape index (κ3) is 3.13. The molecule has 1 aromatic carbocycles. The highest BCUT2D eigenvalue weighted by Crippen LogP contribution is 2.35. The van der Waals surface area contributed by atoms with E-state index in [2.05, 4.69) is 6.92 Å². The number of aromatic carboxylic acids is 1. The summed E-state index contributed by atoms with van der Waals surface area (Å²) in [5.41, 5.74) is 0.678. The summed E-state index contributed by atoms with van der Waals surface area (Å²) in [5.74, 6) is 0.245. The summed E-state index contributed by atoms with van der Waals surface area (Å²) >= 11 is 0. The van der Waals surface area contributed by atoms with Crippen molar-refractivity contribution in [2.45, 2.75) is 25.8 Å². The van der Waals surface area contributed by atoms with Crippen LogP contribution in [0.5, 0.6) is 0 Å². The van der Waals surface area contributed by atoms with Crippen molar-refractivity contribution in [1.82, 2.24) is 4.90 Å². The molecule has 1 aliphatic heterocycles. The Morgan fingerprint density at radius 3 is 2.48 bits per heavy atom. The van der Waals surface area contributed by atoms with Crippen LogP contribution in [0.2, 0.25) is 0 Å². The van der Waals surface area contributed by atoms with E-state index in [0.717, 1.165) is 18.6 Å². The molecule has 5 nitrogen and oxygen atoms in total. The van der Waals surface area contributed by atoms with E-state index >= 15 is 0 Å².